The second-order valence-corrected chi connectivity index (χ2v) is 3.86. The molecule has 0 amide bonds. The Labute approximate surface area is 77.5 Å². The highest BCUT2D eigenvalue weighted by Gasteiger charge is 2.23. The first-order valence-corrected chi connectivity index (χ1v) is 4.05. The number of carboxylic acid groups (broad SMARTS) is 1. The summed E-state index contributed by atoms with van der Waals surface area (Å²) in [6, 6.07) is -0.347. The zero-order valence-electron chi connectivity index (χ0n) is 7.46. The summed E-state index contributed by atoms with van der Waals surface area (Å²) in [5.41, 5.74) is -0.216. The van der Waals surface area contributed by atoms with Crippen molar-refractivity contribution in [1.82, 2.24) is 0 Å². The van der Waals surface area contributed by atoms with Gasteiger partial charge in [-0.2, -0.15) is 0 Å². The van der Waals surface area contributed by atoms with Crippen molar-refractivity contribution in [3.63, 3.8) is 0 Å². The molecule has 0 saturated heterocycles. The van der Waals surface area contributed by atoms with Gasteiger partial charge in [-0.3, -0.25) is 0 Å². The topological polar surface area (TPSA) is 52.5 Å². The number of isothiocyanates is 1. The van der Waals surface area contributed by atoms with Crippen molar-refractivity contribution in [2.75, 3.05) is 0 Å². The average Bonchev–Trinajstić information content (AvgIpc) is 1.83. The fraction of sp³-hybridized carbons (Fsp3) is 0.750. The number of rotatable bonds is 3. The number of carboxylic acids is 1. The van der Waals surface area contributed by atoms with E-state index in [0.29, 0.717) is 0 Å². The van der Waals surface area contributed by atoms with Gasteiger partial charge in [0, 0.05) is 12.4 Å². The first-order valence-electron chi connectivity index (χ1n) is 3.64. The van der Waals surface area contributed by atoms with Crippen molar-refractivity contribution < 1.29 is 9.90 Å². The molecule has 0 aliphatic rings. The van der Waals surface area contributed by atoms with Crippen LogP contribution >= 0.6 is 12.2 Å². The largest absolute Gasteiger partial charge is 0.550 e. The Bertz CT molecular complexity index is 214. The summed E-state index contributed by atoms with van der Waals surface area (Å²) in [5.74, 6) is -1.11. The van der Waals surface area contributed by atoms with Gasteiger partial charge in [-0.25, -0.2) is 4.99 Å². The molecule has 0 radical (unpaired) electrons. The van der Waals surface area contributed by atoms with Crippen LogP contribution in [0.1, 0.15) is 27.2 Å². The maximum atomic E-state index is 10.3. The van der Waals surface area contributed by atoms with E-state index in [2.05, 4.69) is 22.4 Å². The molecule has 0 aromatic carbocycles. The van der Waals surface area contributed by atoms with Crippen molar-refractivity contribution >= 4 is 23.3 Å². The summed E-state index contributed by atoms with van der Waals surface area (Å²) in [6.45, 7) is 5.70. The molecule has 0 bridgehead atoms. The number of nitrogens with zero attached hydrogens (tertiary/aromatic N) is 1. The monoisotopic (exact) mass is 186 g/mol. The zero-order chi connectivity index (χ0) is 9.78. The summed E-state index contributed by atoms with van der Waals surface area (Å²) in [5, 5.41) is 12.5. The van der Waals surface area contributed by atoms with E-state index in [1.54, 1.807) is 0 Å². The van der Waals surface area contributed by atoms with Gasteiger partial charge in [-0.1, -0.05) is 20.8 Å². The van der Waals surface area contributed by atoms with Crippen LogP contribution in [0.25, 0.3) is 0 Å². The van der Waals surface area contributed by atoms with Crippen LogP contribution in [0.2, 0.25) is 0 Å². The quantitative estimate of drug-likeness (QED) is 0.480. The molecule has 1 atom stereocenters. The molecule has 0 aromatic heterocycles. The van der Waals surface area contributed by atoms with E-state index in [0.717, 1.165) is 0 Å². The van der Waals surface area contributed by atoms with Crippen molar-refractivity contribution in [3.05, 3.63) is 0 Å². The highest BCUT2D eigenvalue weighted by atomic mass is 32.1. The van der Waals surface area contributed by atoms with Crippen molar-refractivity contribution in [2.45, 2.75) is 33.2 Å². The molecule has 3 nitrogen and oxygen atoms in total. The van der Waals surface area contributed by atoms with Gasteiger partial charge in [0.1, 0.15) is 0 Å². The lowest BCUT2D eigenvalue weighted by Crippen LogP contribution is -2.33. The second kappa shape index (κ2) is 4.33. The Hall–Kier alpha value is -0.730. The summed E-state index contributed by atoms with van der Waals surface area (Å²) < 4.78 is 0. The van der Waals surface area contributed by atoms with Crippen LogP contribution in [0.5, 0.6) is 0 Å². The SMILES string of the molecule is CC(C)(C)C(CC(=O)[O-])N=C=S. The molecule has 0 heterocycles. The van der Waals surface area contributed by atoms with Crippen LogP contribution < -0.4 is 5.11 Å². The second-order valence-electron chi connectivity index (χ2n) is 3.68. The number of carbonyl (C=O) groups excluding carboxylic acids is 1. The van der Waals surface area contributed by atoms with Crippen LogP contribution in [0, 0.1) is 5.41 Å². The Morgan fingerprint density at radius 3 is 2.42 bits per heavy atom. The molecule has 1 unspecified atom stereocenters. The standard InChI is InChI=1S/C8H13NO2S/c1-8(2,3)6(9-5-12)4-7(10)11/h6H,4H2,1-3H3,(H,10,11)/p-1. The summed E-state index contributed by atoms with van der Waals surface area (Å²) in [4.78, 5) is 14.1. The molecule has 0 aromatic rings. The van der Waals surface area contributed by atoms with Crippen LogP contribution in [-0.2, 0) is 4.79 Å². The lowest BCUT2D eigenvalue weighted by Gasteiger charge is -2.26. The molecule has 0 saturated carbocycles. The summed E-state index contributed by atoms with van der Waals surface area (Å²) in [6.07, 6.45) is -0.104. The lowest BCUT2D eigenvalue weighted by atomic mass is 9.85. The molecular formula is C8H12NO2S-. The number of aliphatic carboxylic acids is 1. The normalized spacial score (nSPS) is 13.2. The predicted molar refractivity (Wildman–Crippen MR) is 47.9 cm³/mol. The van der Waals surface area contributed by atoms with E-state index in [-0.39, 0.29) is 17.9 Å². The fourth-order valence-electron chi connectivity index (χ4n) is 0.767. The molecule has 0 aliphatic carbocycles. The van der Waals surface area contributed by atoms with Gasteiger partial charge in [0.2, 0.25) is 0 Å². The molecule has 0 N–H and O–H groups in total. The minimum Gasteiger partial charge on any atom is -0.550 e. The number of carbonyl (C=O) groups is 1. The van der Waals surface area contributed by atoms with Gasteiger partial charge in [-0.05, 0) is 17.6 Å². The minimum atomic E-state index is -1.11. The molecular weight excluding hydrogens is 174 g/mol. The zero-order valence-corrected chi connectivity index (χ0v) is 8.27. The fourth-order valence-corrected chi connectivity index (χ4v) is 0.894. The Kier molecular flexibility index (Phi) is 4.07. The third kappa shape index (κ3) is 4.21. The van der Waals surface area contributed by atoms with Crippen molar-refractivity contribution in [2.24, 2.45) is 10.4 Å². The number of hydrogen-bond donors (Lipinski definition) is 0. The third-order valence-electron chi connectivity index (χ3n) is 1.57. The van der Waals surface area contributed by atoms with E-state index in [9.17, 15) is 9.90 Å². The maximum absolute atomic E-state index is 10.3. The predicted octanol–water partition coefficient (Wildman–Crippen LogP) is 0.644. The highest BCUT2D eigenvalue weighted by Crippen LogP contribution is 2.24. The lowest BCUT2D eigenvalue weighted by molar-refractivity contribution is -0.306. The molecule has 68 valence electrons. The van der Waals surface area contributed by atoms with E-state index in [4.69, 9.17) is 0 Å². The number of aliphatic imine (C=N–C) groups is 1. The smallest absolute Gasteiger partial charge is 0.0702 e. The molecule has 0 rings (SSSR count). The van der Waals surface area contributed by atoms with Crippen molar-refractivity contribution in [1.29, 1.82) is 0 Å². The molecule has 0 fully saturated rings. The van der Waals surface area contributed by atoms with Gasteiger partial charge in [0.15, 0.2) is 0 Å². The van der Waals surface area contributed by atoms with Gasteiger partial charge >= 0.3 is 0 Å². The Balaban J connectivity index is 4.44. The Morgan fingerprint density at radius 1 is 1.67 bits per heavy atom. The highest BCUT2D eigenvalue weighted by molar-refractivity contribution is 7.78. The van der Waals surface area contributed by atoms with Gasteiger partial charge in [-0.15, -0.1) is 0 Å². The van der Waals surface area contributed by atoms with E-state index in [1.165, 1.54) is 0 Å². The Morgan fingerprint density at radius 2 is 2.17 bits per heavy atom. The summed E-state index contributed by atoms with van der Waals surface area (Å²) in [7, 11) is 0. The van der Waals surface area contributed by atoms with Gasteiger partial charge in [0.25, 0.3) is 0 Å². The first kappa shape index (κ1) is 11.3. The molecule has 4 heteroatoms. The average molecular weight is 186 g/mol. The van der Waals surface area contributed by atoms with Crippen molar-refractivity contribution in [3.8, 4) is 0 Å². The van der Waals surface area contributed by atoms with Gasteiger partial charge < -0.3 is 9.90 Å². The number of thiocarbonyl (C=S) groups is 1. The van der Waals surface area contributed by atoms with Crippen LogP contribution in [0.15, 0.2) is 4.99 Å². The summed E-state index contributed by atoms with van der Waals surface area (Å²) >= 11 is 4.42. The van der Waals surface area contributed by atoms with Crippen LogP contribution in [0.4, 0.5) is 0 Å². The first-order chi connectivity index (χ1) is 5.38. The minimum absolute atomic E-state index is 0.104. The van der Waals surface area contributed by atoms with E-state index >= 15 is 0 Å². The molecule has 0 aliphatic heterocycles. The van der Waals surface area contributed by atoms with Crippen LogP contribution in [0.3, 0.4) is 0 Å². The van der Waals surface area contributed by atoms with E-state index < -0.39 is 5.97 Å². The van der Waals surface area contributed by atoms with E-state index in [1.807, 2.05) is 20.8 Å². The third-order valence-corrected chi connectivity index (χ3v) is 1.67. The number of hydrogen-bond acceptors (Lipinski definition) is 4. The molecule has 12 heavy (non-hydrogen) atoms. The van der Waals surface area contributed by atoms with Gasteiger partial charge in [0.05, 0.1) is 11.2 Å². The maximum Gasteiger partial charge on any atom is 0.0702 e. The van der Waals surface area contributed by atoms with Crippen LogP contribution in [-0.4, -0.2) is 17.2 Å². The molecule has 0 spiro atoms.